The number of aliphatic hydroxyl groups is 1. The number of ether oxygens (including phenoxy) is 1. The van der Waals surface area contributed by atoms with Crippen LogP contribution in [0.4, 0.5) is 4.39 Å². The van der Waals surface area contributed by atoms with Crippen molar-refractivity contribution in [2.45, 2.75) is 12.7 Å². The summed E-state index contributed by atoms with van der Waals surface area (Å²) in [5.74, 6) is -0.268. The molecule has 0 amide bonds. The molecule has 0 fully saturated rings. The Morgan fingerprint density at radius 2 is 2.00 bits per heavy atom. The second-order valence-corrected chi connectivity index (χ2v) is 3.03. The highest BCUT2D eigenvalue weighted by Gasteiger charge is 2.00. The summed E-state index contributed by atoms with van der Waals surface area (Å²) in [6.07, 6.45) is -0.629. The van der Waals surface area contributed by atoms with Crippen molar-refractivity contribution in [3.05, 3.63) is 35.6 Å². The SMILES string of the molecule is NC[C@@H](O)COCc1ccc(F)cc1. The molecular weight excluding hydrogens is 185 g/mol. The zero-order valence-corrected chi connectivity index (χ0v) is 7.82. The van der Waals surface area contributed by atoms with Gasteiger partial charge in [-0.15, -0.1) is 0 Å². The van der Waals surface area contributed by atoms with Gasteiger partial charge >= 0.3 is 0 Å². The molecule has 1 aromatic rings. The maximum atomic E-state index is 12.5. The third-order valence-corrected chi connectivity index (χ3v) is 1.76. The number of hydrogen-bond donors (Lipinski definition) is 2. The second-order valence-electron chi connectivity index (χ2n) is 3.03. The minimum atomic E-state index is -0.629. The highest BCUT2D eigenvalue weighted by atomic mass is 19.1. The number of halogens is 1. The number of aliphatic hydroxyl groups excluding tert-OH is 1. The predicted molar refractivity (Wildman–Crippen MR) is 51.1 cm³/mol. The maximum absolute atomic E-state index is 12.5. The molecule has 0 bridgehead atoms. The van der Waals surface area contributed by atoms with E-state index in [0.717, 1.165) is 5.56 Å². The van der Waals surface area contributed by atoms with Crippen molar-refractivity contribution in [2.75, 3.05) is 13.2 Å². The first-order chi connectivity index (χ1) is 6.72. The molecule has 0 radical (unpaired) electrons. The molecule has 0 aliphatic rings. The summed E-state index contributed by atoms with van der Waals surface area (Å²) in [6.45, 7) is 0.745. The Bertz CT molecular complexity index is 263. The highest BCUT2D eigenvalue weighted by molar-refractivity contribution is 5.14. The van der Waals surface area contributed by atoms with Gasteiger partial charge in [0.25, 0.3) is 0 Å². The van der Waals surface area contributed by atoms with Gasteiger partial charge in [-0.1, -0.05) is 12.1 Å². The van der Waals surface area contributed by atoms with E-state index in [1.165, 1.54) is 12.1 Å². The number of hydrogen-bond acceptors (Lipinski definition) is 3. The van der Waals surface area contributed by atoms with E-state index in [0.29, 0.717) is 6.61 Å². The Kier molecular flexibility index (Phi) is 4.52. The molecule has 0 aliphatic heterocycles. The molecule has 3 N–H and O–H groups in total. The Labute approximate surface area is 82.3 Å². The van der Waals surface area contributed by atoms with Crippen LogP contribution in [0.1, 0.15) is 5.56 Å². The molecule has 3 nitrogen and oxygen atoms in total. The van der Waals surface area contributed by atoms with Crippen molar-refractivity contribution < 1.29 is 14.2 Å². The van der Waals surface area contributed by atoms with Crippen LogP contribution in [-0.4, -0.2) is 24.4 Å². The fourth-order valence-corrected chi connectivity index (χ4v) is 0.961. The van der Waals surface area contributed by atoms with Gasteiger partial charge in [0.05, 0.1) is 19.3 Å². The summed E-state index contributed by atoms with van der Waals surface area (Å²) < 4.78 is 17.7. The van der Waals surface area contributed by atoms with Crippen molar-refractivity contribution in [3.8, 4) is 0 Å². The lowest BCUT2D eigenvalue weighted by molar-refractivity contribution is 0.0329. The standard InChI is InChI=1S/C10H14FNO2/c11-9-3-1-8(2-4-9)6-14-7-10(13)5-12/h1-4,10,13H,5-7,12H2/t10-/m1/s1. The van der Waals surface area contributed by atoms with Crippen LogP contribution in [0.15, 0.2) is 24.3 Å². The second kappa shape index (κ2) is 5.70. The summed E-state index contributed by atoms with van der Waals surface area (Å²) >= 11 is 0. The number of rotatable bonds is 5. The normalized spacial score (nSPS) is 12.8. The largest absolute Gasteiger partial charge is 0.389 e. The Hall–Kier alpha value is -0.970. The van der Waals surface area contributed by atoms with E-state index in [9.17, 15) is 4.39 Å². The number of benzene rings is 1. The third kappa shape index (κ3) is 3.83. The van der Waals surface area contributed by atoms with Gasteiger partial charge in [0.2, 0.25) is 0 Å². The molecule has 4 heteroatoms. The molecule has 14 heavy (non-hydrogen) atoms. The lowest BCUT2D eigenvalue weighted by Gasteiger charge is -2.08. The van der Waals surface area contributed by atoms with Crippen LogP contribution >= 0.6 is 0 Å². The summed E-state index contributed by atoms with van der Waals surface area (Å²) in [5.41, 5.74) is 6.06. The van der Waals surface area contributed by atoms with Crippen LogP contribution in [-0.2, 0) is 11.3 Å². The minimum Gasteiger partial charge on any atom is -0.389 e. The van der Waals surface area contributed by atoms with Gasteiger partial charge in [-0.05, 0) is 17.7 Å². The van der Waals surface area contributed by atoms with Crippen molar-refractivity contribution in [3.63, 3.8) is 0 Å². The fraction of sp³-hybridized carbons (Fsp3) is 0.400. The lowest BCUT2D eigenvalue weighted by atomic mass is 10.2. The van der Waals surface area contributed by atoms with E-state index < -0.39 is 6.10 Å². The van der Waals surface area contributed by atoms with Gasteiger partial charge in [0.15, 0.2) is 0 Å². The minimum absolute atomic E-state index is 0.184. The van der Waals surface area contributed by atoms with Crippen molar-refractivity contribution in [1.29, 1.82) is 0 Å². The quantitative estimate of drug-likeness (QED) is 0.732. The fourth-order valence-electron chi connectivity index (χ4n) is 0.961. The smallest absolute Gasteiger partial charge is 0.123 e. The van der Waals surface area contributed by atoms with E-state index in [4.69, 9.17) is 15.6 Å². The number of nitrogens with two attached hydrogens (primary N) is 1. The average molecular weight is 199 g/mol. The Balaban J connectivity index is 2.28. The van der Waals surface area contributed by atoms with Gasteiger partial charge in [0.1, 0.15) is 5.82 Å². The maximum Gasteiger partial charge on any atom is 0.123 e. The van der Waals surface area contributed by atoms with Crippen LogP contribution in [0, 0.1) is 5.82 Å². The average Bonchev–Trinajstić information content (AvgIpc) is 2.21. The van der Waals surface area contributed by atoms with E-state index in [2.05, 4.69) is 0 Å². The summed E-state index contributed by atoms with van der Waals surface area (Å²) in [5, 5.41) is 9.07. The van der Waals surface area contributed by atoms with Crippen molar-refractivity contribution in [1.82, 2.24) is 0 Å². The van der Waals surface area contributed by atoms with E-state index in [-0.39, 0.29) is 19.0 Å². The Morgan fingerprint density at radius 1 is 1.36 bits per heavy atom. The summed E-state index contributed by atoms with van der Waals surface area (Å²) in [6, 6.07) is 6.03. The van der Waals surface area contributed by atoms with Gasteiger partial charge in [-0.2, -0.15) is 0 Å². The van der Waals surface area contributed by atoms with Crippen LogP contribution in [0.3, 0.4) is 0 Å². The molecule has 0 saturated heterocycles. The Morgan fingerprint density at radius 3 is 2.57 bits per heavy atom. The molecule has 0 unspecified atom stereocenters. The molecule has 1 aromatic carbocycles. The zero-order valence-electron chi connectivity index (χ0n) is 7.82. The first-order valence-corrected chi connectivity index (χ1v) is 4.42. The van der Waals surface area contributed by atoms with Crippen LogP contribution in [0.2, 0.25) is 0 Å². The van der Waals surface area contributed by atoms with Crippen LogP contribution < -0.4 is 5.73 Å². The highest BCUT2D eigenvalue weighted by Crippen LogP contribution is 2.04. The topological polar surface area (TPSA) is 55.5 Å². The van der Waals surface area contributed by atoms with Crippen LogP contribution in [0.25, 0.3) is 0 Å². The van der Waals surface area contributed by atoms with Gasteiger partial charge in [-0.25, -0.2) is 4.39 Å². The van der Waals surface area contributed by atoms with Crippen molar-refractivity contribution >= 4 is 0 Å². The van der Waals surface area contributed by atoms with E-state index in [1.807, 2.05) is 0 Å². The molecule has 0 heterocycles. The van der Waals surface area contributed by atoms with Crippen LogP contribution in [0.5, 0.6) is 0 Å². The van der Waals surface area contributed by atoms with E-state index in [1.54, 1.807) is 12.1 Å². The molecule has 0 aliphatic carbocycles. The third-order valence-electron chi connectivity index (χ3n) is 1.76. The molecule has 0 saturated carbocycles. The molecule has 0 aromatic heterocycles. The first kappa shape index (κ1) is 11.1. The molecule has 1 atom stereocenters. The van der Waals surface area contributed by atoms with Gasteiger partial charge in [-0.3, -0.25) is 0 Å². The zero-order chi connectivity index (χ0) is 10.4. The van der Waals surface area contributed by atoms with Gasteiger partial charge < -0.3 is 15.6 Å². The monoisotopic (exact) mass is 199 g/mol. The summed E-state index contributed by atoms with van der Waals surface area (Å²) in [7, 11) is 0. The van der Waals surface area contributed by atoms with Crippen molar-refractivity contribution in [2.24, 2.45) is 5.73 Å². The summed E-state index contributed by atoms with van der Waals surface area (Å²) in [4.78, 5) is 0. The molecule has 1 rings (SSSR count). The first-order valence-electron chi connectivity index (χ1n) is 4.42. The lowest BCUT2D eigenvalue weighted by Crippen LogP contribution is -2.24. The van der Waals surface area contributed by atoms with Gasteiger partial charge in [0, 0.05) is 6.54 Å². The van der Waals surface area contributed by atoms with E-state index >= 15 is 0 Å². The molecule has 0 spiro atoms. The molecule has 78 valence electrons. The predicted octanol–water partition coefficient (Wildman–Crippen LogP) is 0.662. The molecular formula is C10H14FNO2.